The normalized spacial score (nSPS) is 10.5. The van der Waals surface area contributed by atoms with E-state index in [4.69, 9.17) is 0 Å². The number of rotatable bonds is 0. The van der Waals surface area contributed by atoms with Crippen LogP contribution in [-0.2, 0) is 31.1 Å². The Kier molecular flexibility index (Phi) is 11.8. The van der Waals surface area contributed by atoms with Crippen LogP contribution in [0.15, 0.2) is 78.9 Å². The summed E-state index contributed by atoms with van der Waals surface area (Å²) in [5.74, 6) is -0.545. The molecule has 0 aliphatic heterocycles. The second kappa shape index (κ2) is 13.2. The predicted molar refractivity (Wildman–Crippen MR) is 118 cm³/mol. The first-order valence-electron chi connectivity index (χ1n) is 10.1. The predicted octanol–water partition coefficient (Wildman–Crippen LogP) is 2.05. The zero-order valence-electron chi connectivity index (χ0n) is 18.3. The van der Waals surface area contributed by atoms with E-state index in [9.17, 15) is 8.78 Å². The fraction of sp³-hybridized carbons (Fsp3) is 0.185. The average molecular weight is 550 g/mol. The Balaban J connectivity index is 0.000000269. The molecule has 0 radical (unpaired) electrons. The summed E-state index contributed by atoms with van der Waals surface area (Å²) in [7, 11) is 0. The molecule has 0 spiro atoms. The van der Waals surface area contributed by atoms with Crippen molar-refractivity contribution < 1.29 is 58.3 Å². The first-order valence-corrected chi connectivity index (χ1v) is 11.5. The van der Waals surface area contributed by atoms with Crippen molar-refractivity contribution in [2.45, 2.75) is 30.8 Å². The zero-order chi connectivity index (χ0) is 21.7. The summed E-state index contributed by atoms with van der Waals surface area (Å²) in [6, 6.07) is 24.3. The number of halogens is 4. The molecule has 0 nitrogen and oxygen atoms in total. The molecule has 0 heterocycles. The van der Waals surface area contributed by atoms with Gasteiger partial charge in [-0.2, -0.15) is 0 Å². The smallest absolute Gasteiger partial charge is 0.123 e. The molecule has 4 aromatic carbocycles. The van der Waals surface area contributed by atoms with Gasteiger partial charge in [0.05, 0.1) is 0 Å². The standard InChI is InChI=1S/C13H8F2.C11H10.C3H7.2ClH.Zr/c14-10-3-1-8-5-9-2-4-11(15)7-13(9)12(8)6-10;1-9-6-7-10-4-2-3-5-11(10)8-9;1-3-2;;;/h1-4,6-7H,5H2;2-8H,1H3;3H,1-2H3;2*1H;/q;;;;;+2/p-2. The summed E-state index contributed by atoms with van der Waals surface area (Å²) < 4.78 is 27.0. The molecular weight excluding hydrogens is 524 g/mol. The maximum absolute atomic E-state index is 13.1. The van der Waals surface area contributed by atoms with Crippen LogP contribution in [0.25, 0.3) is 21.9 Å². The summed E-state index contributed by atoms with van der Waals surface area (Å²) in [6.07, 6.45) is 0.769. The monoisotopic (exact) mass is 547 g/mol. The maximum atomic E-state index is 13.1. The van der Waals surface area contributed by atoms with Gasteiger partial charge < -0.3 is 24.8 Å². The number of hydrogen-bond acceptors (Lipinski definition) is 0. The molecule has 0 saturated carbocycles. The van der Waals surface area contributed by atoms with Crippen molar-refractivity contribution in [1.82, 2.24) is 0 Å². The number of benzene rings is 4. The number of fused-ring (bicyclic) bond motifs is 4. The van der Waals surface area contributed by atoms with Gasteiger partial charge in [0.15, 0.2) is 0 Å². The third-order valence-electron chi connectivity index (χ3n) is 4.72. The number of aryl methyl sites for hydroxylation is 1. The van der Waals surface area contributed by atoms with Gasteiger partial charge in [0, 0.05) is 0 Å². The Bertz CT molecular complexity index is 1110. The molecule has 0 atom stereocenters. The SMILES string of the molecule is C[CH](C)[Zr+2].Cc1ccc2ccccc2c1.Fc1ccc2c(c1)-c1cc(F)ccc1C2.[Cl-].[Cl-]. The van der Waals surface area contributed by atoms with Crippen LogP contribution in [-0.4, -0.2) is 0 Å². The first-order chi connectivity index (χ1) is 14.3. The van der Waals surface area contributed by atoms with Crippen LogP contribution < -0.4 is 24.8 Å². The first kappa shape index (κ1) is 28.5. The van der Waals surface area contributed by atoms with Crippen molar-refractivity contribution in [2.75, 3.05) is 0 Å². The second-order valence-corrected chi connectivity index (χ2v) is 10.6. The van der Waals surface area contributed by atoms with Gasteiger partial charge in [0.25, 0.3) is 0 Å². The van der Waals surface area contributed by atoms with Crippen molar-refractivity contribution in [1.29, 1.82) is 0 Å². The molecule has 0 unspecified atom stereocenters. The van der Waals surface area contributed by atoms with Gasteiger partial charge in [-0.1, -0.05) is 60.2 Å². The van der Waals surface area contributed by atoms with Crippen LogP contribution in [0.5, 0.6) is 0 Å². The quantitative estimate of drug-likeness (QED) is 0.278. The van der Waals surface area contributed by atoms with Crippen LogP contribution in [0.2, 0.25) is 3.63 Å². The summed E-state index contributed by atoms with van der Waals surface area (Å²) in [4.78, 5) is 0. The van der Waals surface area contributed by atoms with Gasteiger partial charge in [0.1, 0.15) is 11.6 Å². The minimum absolute atomic E-state index is 0. The van der Waals surface area contributed by atoms with Crippen molar-refractivity contribution in [2.24, 2.45) is 0 Å². The average Bonchev–Trinajstić information content (AvgIpc) is 3.05. The van der Waals surface area contributed by atoms with Gasteiger partial charge in [-0.25, -0.2) is 8.78 Å². The summed E-state index contributed by atoms with van der Waals surface area (Å²) in [5.41, 5.74) is 5.10. The number of hydrogen-bond donors (Lipinski definition) is 0. The molecule has 0 aromatic heterocycles. The second-order valence-electron chi connectivity index (χ2n) is 7.79. The van der Waals surface area contributed by atoms with Gasteiger partial charge in [-0.15, -0.1) is 0 Å². The molecule has 0 bridgehead atoms. The Morgan fingerprint density at radius 1 is 0.688 bits per heavy atom. The minimum Gasteiger partial charge on any atom is -1.00 e. The molecular formula is C27H25Cl2F2Zr. The Hall–Kier alpha value is -1.54. The maximum Gasteiger partial charge on any atom is 0.123 e. The topological polar surface area (TPSA) is 0 Å². The van der Waals surface area contributed by atoms with E-state index in [-0.39, 0.29) is 36.4 Å². The van der Waals surface area contributed by atoms with Crippen LogP contribution in [0.1, 0.15) is 30.5 Å². The van der Waals surface area contributed by atoms with E-state index < -0.39 is 0 Å². The van der Waals surface area contributed by atoms with E-state index in [1.165, 1.54) is 40.6 Å². The molecule has 5 rings (SSSR count). The van der Waals surface area contributed by atoms with Crippen molar-refractivity contribution in [3.05, 3.63) is 107 Å². The van der Waals surface area contributed by atoms with Crippen molar-refractivity contribution in [3.63, 3.8) is 0 Å². The van der Waals surface area contributed by atoms with Gasteiger partial charge in [-0.05, 0) is 70.6 Å². The molecule has 0 N–H and O–H groups in total. The summed E-state index contributed by atoms with van der Waals surface area (Å²) in [6.45, 7) is 6.53. The van der Waals surface area contributed by atoms with Crippen molar-refractivity contribution in [3.8, 4) is 11.1 Å². The molecule has 0 amide bonds. The van der Waals surface area contributed by atoms with Crippen LogP contribution in [0, 0.1) is 18.6 Å². The molecule has 165 valence electrons. The van der Waals surface area contributed by atoms with Gasteiger partial charge in [-0.3, -0.25) is 0 Å². The molecule has 1 aliphatic rings. The Morgan fingerprint density at radius 2 is 1.16 bits per heavy atom. The van der Waals surface area contributed by atoms with Gasteiger partial charge >= 0.3 is 42.2 Å². The van der Waals surface area contributed by atoms with E-state index in [2.05, 4.69) is 63.2 Å². The Morgan fingerprint density at radius 3 is 1.66 bits per heavy atom. The zero-order valence-corrected chi connectivity index (χ0v) is 22.3. The van der Waals surface area contributed by atoms with Crippen LogP contribution >= 0.6 is 0 Å². The van der Waals surface area contributed by atoms with E-state index in [0.717, 1.165) is 32.3 Å². The summed E-state index contributed by atoms with van der Waals surface area (Å²) >= 11 is 1.64. The third kappa shape index (κ3) is 7.80. The summed E-state index contributed by atoms with van der Waals surface area (Å²) in [5, 5.41) is 2.64. The molecule has 32 heavy (non-hydrogen) atoms. The van der Waals surface area contributed by atoms with E-state index in [0.29, 0.717) is 0 Å². The largest absolute Gasteiger partial charge is 1.00 e. The van der Waals surface area contributed by atoms with Crippen molar-refractivity contribution >= 4 is 10.8 Å². The van der Waals surface area contributed by atoms with E-state index in [1.807, 2.05) is 0 Å². The van der Waals surface area contributed by atoms with Gasteiger partial charge in [0.2, 0.25) is 0 Å². The van der Waals surface area contributed by atoms with Crippen LogP contribution in [0.4, 0.5) is 8.78 Å². The fourth-order valence-corrected chi connectivity index (χ4v) is 3.42. The fourth-order valence-electron chi connectivity index (χ4n) is 3.42. The molecule has 0 saturated heterocycles. The Labute approximate surface area is 217 Å². The molecule has 5 heteroatoms. The molecule has 4 aromatic rings. The van der Waals surface area contributed by atoms with E-state index >= 15 is 0 Å². The molecule has 1 aliphatic carbocycles. The van der Waals surface area contributed by atoms with Crippen LogP contribution in [0.3, 0.4) is 0 Å². The minimum atomic E-state index is -0.272. The van der Waals surface area contributed by atoms with E-state index in [1.54, 1.807) is 36.9 Å². The molecule has 0 fully saturated rings. The third-order valence-corrected chi connectivity index (χ3v) is 4.72.